The number of hydrogen-bond donors (Lipinski definition) is 2. The first kappa shape index (κ1) is 24.3. The quantitative estimate of drug-likeness (QED) is 0.257. The normalized spacial score (nSPS) is 14.2. The van der Waals surface area contributed by atoms with Crippen molar-refractivity contribution in [2.24, 2.45) is 0 Å². The molecule has 2 N–H and O–H groups in total. The second kappa shape index (κ2) is 9.55. The van der Waals surface area contributed by atoms with Gasteiger partial charge < -0.3 is 15.2 Å². The zero-order chi connectivity index (χ0) is 26.2. The number of carboxylic acid groups (broad SMARTS) is 1. The maximum atomic E-state index is 15.0. The van der Waals surface area contributed by atoms with E-state index in [2.05, 4.69) is 34.6 Å². The van der Waals surface area contributed by atoms with Crippen LogP contribution in [0.15, 0.2) is 72.8 Å². The molecule has 0 radical (unpaired) electrons. The van der Waals surface area contributed by atoms with Gasteiger partial charge in [-0.3, -0.25) is 14.4 Å². The highest BCUT2D eigenvalue weighted by Gasteiger charge is 2.39. The average molecular weight is 518 g/mol. The van der Waals surface area contributed by atoms with Crippen molar-refractivity contribution in [3.05, 3.63) is 89.9 Å². The SMILES string of the molecule is CC(=O)O[C@@H](CC(=O)O)C(=O)Nc1ccc(-c2nc3ccc(C4(c5ccccc5)C=C4)nc3s2)c(F)c1. The highest BCUT2D eigenvalue weighted by Crippen LogP contribution is 2.45. The number of benzene rings is 2. The number of carboxylic acids is 1. The van der Waals surface area contributed by atoms with E-state index < -0.39 is 36.2 Å². The molecule has 1 aliphatic carbocycles. The molecule has 2 heterocycles. The number of carbonyl (C=O) groups is 3. The largest absolute Gasteiger partial charge is 0.481 e. The van der Waals surface area contributed by atoms with Crippen LogP contribution in [-0.2, 0) is 24.5 Å². The van der Waals surface area contributed by atoms with Gasteiger partial charge in [0.05, 0.1) is 17.5 Å². The molecular formula is C27H20FN3O5S. The van der Waals surface area contributed by atoms with Gasteiger partial charge in [-0.2, -0.15) is 0 Å². The number of allylic oxidation sites excluding steroid dienone is 2. The Morgan fingerprint density at radius 1 is 1.08 bits per heavy atom. The molecule has 0 unspecified atom stereocenters. The maximum Gasteiger partial charge on any atom is 0.307 e. The van der Waals surface area contributed by atoms with Crippen LogP contribution in [0.25, 0.3) is 20.9 Å². The Labute approximate surface area is 214 Å². The molecule has 10 heteroatoms. The molecule has 1 aliphatic rings. The van der Waals surface area contributed by atoms with E-state index in [0.29, 0.717) is 15.4 Å². The fraction of sp³-hybridized carbons (Fsp3) is 0.148. The van der Waals surface area contributed by atoms with Crippen molar-refractivity contribution in [2.45, 2.75) is 24.9 Å². The molecule has 0 fully saturated rings. The number of ether oxygens (including phenoxy) is 1. The summed E-state index contributed by atoms with van der Waals surface area (Å²) >= 11 is 1.26. The Morgan fingerprint density at radius 3 is 2.49 bits per heavy atom. The third-order valence-corrected chi connectivity index (χ3v) is 6.86. The van der Waals surface area contributed by atoms with Crippen LogP contribution in [0.4, 0.5) is 10.1 Å². The predicted octanol–water partition coefficient (Wildman–Crippen LogP) is 4.70. The zero-order valence-electron chi connectivity index (χ0n) is 19.5. The number of halogens is 1. The van der Waals surface area contributed by atoms with Gasteiger partial charge in [-0.1, -0.05) is 53.8 Å². The van der Waals surface area contributed by atoms with E-state index in [9.17, 15) is 14.4 Å². The number of hydrogen-bond acceptors (Lipinski definition) is 7. The van der Waals surface area contributed by atoms with Gasteiger partial charge in [0.25, 0.3) is 5.91 Å². The smallest absolute Gasteiger partial charge is 0.307 e. The number of aliphatic carboxylic acids is 1. The van der Waals surface area contributed by atoms with E-state index in [1.165, 1.54) is 23.5 Å². The summed E-state index contributed by atoms with van der Waals surface area (Å²) in [6, 6.07) is 17.9. The van der Waals surface area contributed by atoms with Gasteiger partial charge in [0, 0.05) is 18.2 Å². The molecular weight excluding hydrogens is 497 g/mol. The second-order valence-corrected chi connectivity index (χ2v) is 9.47. The number of thiazole rings is 1. The third-order valence-electron chi connectivity index (χ3n) is 5.86. The van der Waals surface area contributed by atoms with Crippen molar-refractivity contribution in [2.75, 3.05) is 5.32 Å². The summed E-state index contributed by atoms with van der Waals surface area (Å²) in [6.45, 7) is 1.06. The number of pyridine rings is 1. The fourth-order valence-electron chi connectivity index (χ4n) is 4.01. The molecule has 0 saturated carbocycles. The van der Waals surface area contributed by atoms with Crippen molar-refractivity contribution in [3.8, 4) is 10.6 Å². The van der Waals surface area contributed by atoms with E-state index in [1.807, 2.05) is 30.3 Å². The molecule has 1 atom stereocenters. The molecule has 37 heavy (non-hydrogen) atoms. The summed E-state index contributed by atoms with van der Waals surface area (Å²) in [5.74, 6) is -3.63. The Bertz CT molecular complexity index is 1550. The lowest BCUT2D eigenvalue weighted by Crippen LogP contribution is -2.34. The summed E-state index contributed by atoms with van der Waals surface area (Å²) in [7, 11) is 0. The summed E-state index contributed by atoms with van der Waals surface area (Å²) in [4.78, 5) is 44.6. The molecule has 4 aromatic rings. The Hall–Kier alpha value is -4.44. The van der Waals surface area contributed by atoms with Crippen LogP contribution in [0.5, 0.6) is 0 Å². The van der Waals surface area contributed by atoms with Gasteiger partial charge in [-0.15, -0.1) is 0 Å². The van der Waals surface area contributed by atoms with Crippen molar-refractivity contribution < 1.29 is 28.6 Å². The molecule has 2 aromatic heterocycles. The number of rotatable bonds is 8. The van der Waals surface area contributed by atoms with Crippen molar-refractivity contribution in [1.82, 2.24) is 9.97 Å². The molecule has 0 spiro atoms. The monoisotopic (exact) mass is 517 g/mol. The summed E-state index contributed by atoms with van der Waals surface area (Å²) < 4.78 is 19.8. The topological polar surface area (TPSA) is 118 Å². The number of amides is 1. The Kier molecular flexibility index (Phi) is 6.26. The lowest BCUT2D eigenvalue weighted by molar-refractivity contribution is -0.156. The molecule has 186 valence electrons. The Balaban J connectivity index is 1.37. The third kappa shape index (κ3) is 4.96. The van der Waals surface area contributed by atoms with Crippen molar-refractivity contribution in [3.63, 3.8) is 0 Å². The number of fused-ring (bicyclic) bond motifs is 1. The highest BCUT2D eigenvalue weighted by molar-refractivity contribution is 7.21. The van der Waals surface area contributed by atoms with Gasteiger partial charge >= 0.3 is 11.9 Å². The molecule has 5 rings (SSSR count). The van der Waals surface area contributed by atoms with E-state index in [0.717, 1.165) is 24.2 Å². The first-order valence-corrected chi connectivity index (χ1v) is 12.1. The second-order valence-electron chi connectivity index (χ2n) is 8.49. The van der Waals surface area contributed by atoms with Gasteiger partial charge in [-0.05, 0) is 35.9 Å². The summed E-state index contributed by atoms with van der Waals surface area (Å²) in [5.41, 5.74) is 2.60. The molecule has 2 aromatic carbocycles. The minimum atomic E-state index is -1.54. The first-order chi connectivity index (χ1) is 17.7. The number of anilines is 1. The standard InChI is InChI=1S/C27H20FN3O5S/c1-15(32)36-21(14-23(33)34)24(35)29-17-7-8-18(19(28)13-17)25-30-20-9-10-22(31-26(20)37-25)27(11-12-27)16-5-3-2-4-6-16/h2-13,21H,14H2,1H3,(H,29,35)(H,33,34)/t21-/m0/s1. The van der Waals surface area contributed by atoms with Crippen LogP contribution >= 0.6 is 11.3 Å². The number of nitrogens with zero attached hydrogens (tertiary/aromatic N) is 2. The lowest BCUT2D eigenvalue weighted by atomic mass is 9.89. The lowest BCUT2D eigenvalue weighted by Gasteiger charge is -2.15. The molecule has 1 amide bonds. The van der Waals surface area contributed by atoms with E-state index >= 15 is 4.39 Å². The zero-order valence-corrected chi connectivity index (χ0v) is 20.3. The molecule has 0 bridgehead atoms. The van der Waals surface area contributed by atoms with E-state index in [-0.39, 0.29) is 16.7 Å². The fourth-order valence-corrected chi connectivity index (χ4v) is 4.97. The van der Waals surface area contributed by atoms with Crippen LogP contribution in [-0.4, -0.2) is 39.0 Å². The summed E-state index contributed by atoms with van der Waals surface area (Å²) in [6.07, 6.45) is 1.93. The maximum absolute atomic E-state index is 15.0. The van der Waals surface area contributed by atoms with E-state index in [4.69, 9.17) is 14.8 Å². The van der Waals surface area contributed by atoms with E-state index in [1.54, 1.807) is 0 Å². The van der Waals surface area contributed by atoms with Crippen LogP contribution in [0.1, 0.15) is 24.6 Å². The van der Waals surface area contributed by atoms with Crippen molar-refractivity contribution >= 4 is 45.2 Å². The van der Waals surface area contributed by atoms with Crippen LogP contribution in [0.3, 0.4) is 0 Å². The van der Waals surface area contributed by atoms with Gasteiger partial charge in [0.2, 0.25) is 0 Å². The van der Waals surface area contributed by atoms with Crippen LogP contribution in [0, 0.1) is 5.82 Å². The number of esters is 1. The predicted molar refractivity (Wildman–Crippen MR) is 136 cm³/mol. The van der Waals surface area contributed by atoms with Gasteiger partial charge in [-0.25, -0.2) is 14.4 Å². The number of nitrogens with one attached hydrogen (secondary N) is 1. The highest BCUT2D eigenvalue weighted by atomic mass is 32.1. The minimum absolute atomic E-state index is 0.0833. The molecule has 8 nitrogen and oxygen atoms in total. The molecule has 0 saturated heterocycles. The number of aromatic nitrogens is 2. The van der Waals surface area contributed by atoms with Crippen LogP contribution in [0.2, 0.25) is 0 Å². The van der Waals surface area contributed by atoms with Crippen molar-refractivity contribution in [1.29, 1.82) is 0 Å². The van der Waals surface area contributed by atoms with Crippen LogP contribution < -0.4 is 5.32 Å². The van der Waals surface area contributed by atoms with Gasteiger partial charge in [0.1, 0.15) is 21.2 Å². The first-order valence-electron chi connectivity index (χ1n) is 11.3. The minimum Gasteiger partial charge on any atom is -0.481 e. The summed E-state index contributed by atoms with van der Waals surface area (Å²) in [5, 5.41) is 11.8. The number of carbonyl (C=O) groups excluding carboxylic acids is 2. The van der Waals surface area contributed by atoms with Gasteiger partial charge in [0.15, 0.2) is 6.10 Å². The Morgan fingerprint density at radius 2 is 1.84 bits per heavy atom. The average Bonchev–Trinajstić information content (AvgIpc) is 3.56. The molecule has 0 aliphatic heterocycles.